The van der Waals surface area contributed by atoms with Crippen LogP contribution in [0.15, 0.2) is 4.99 Å². The van der Waals surface area contributed by atoms with Gasteiger partial charge >= 0.3 is 6.09 Å². The fourth-order valence-electron chi connectivity index (χ4n) is 4.47. The summed E-state index contributed by atoms with van der Waals surface area (Å²) in [6, 6.07) is 0.228. The van der Waals surface area contributed by atoms with Gasteiger partial charge in [0, 0.05) is 58.3 Å². The Bertz CT molecular complexity index is 663. The summed E-state index contributed by atoms with van der Waals surface area (Å²) in [5.41, 5.74) is -0.468. The topological polar surface area (TPSA) is 77.5 Å². The average Bonchev–Trinajstić information content (AvgIpc) is 3.47. The summed E-state index contributed by atoms with van der Waals surface area (Å²) in [7, 11) is 0. The highest BCUT2D eigenvalue weighted by Gasteiger charge is 2.35. The van der Waals surface area contributed by atoms with Gasteiger partial charge in [-0.1, -0.05) is 0 Å². The standard InChI is InChI=1S/C24H43N5O3/c1-5-25-22(26-13-7-15-27-14-6-8-21(27)30)28-16-11-20(12-17-28)29(18-19-9-10-19)23(31)32-24(2,3)4/h19-20H,5-18H2,1-4H3,(H,25,26). The number of nitrogens with one attached hydrogen (secondary N) is 1. The lowest BCUT2D eigenvalue weighted by Gasteiger charge is -2.40. The van der Waals surface area contributed by atoms with Crippen LogP contribution >= 0.6 is 0 Å². The number of nitrogens with zero attached hydrogens (tertiary/aromatic N) is 4. The van der Waals surface area contributed by atoms with E-state index >= 15 is 0 Å². The molecule has 3 rings (SSSR count). The van der Waals surface area contributed by atoms with E-state index in [4.69, 9.17) is 9.73 Å². The highest BCUT2D eigenvalue weighted by Crippen LogP contribution is 2.32. The Balaban J connectivity index is 1.51. The van der Waals surface area contributed by atoms with Crippen molar-refractivity contribution < 1.29 is 14.3 Å². The van der Waals surface area contributed by atoms with Crippen LogP contribution < -0.4 is 5.32 Å². The van der Waals surface area contributed by atoms with Gasteiger partial charge in [0.05, 0.1) is 0 Å². The monoisotopic (exact) mass is 449 g/mol. The minimum Gasteiger partial charge on any atom is -0.444 e. The van der Waals surface area contributed by atoms with Gasteiger partial charge in [-0.05, 0) is 72.1 Å². The van der Waals surface area contributed by atoms with Crippen LogP contribution in [0, 0.1) is 5.92 Å². The summed E-state index contributed by atoms with van der Waals surface area (Å²) >= 11 is 0. The van der Waals surface area contributed by atoms with E-state index in [9.17, 15) is 9.59 Å². The van der Waals surface area contributed by atoms with Crippen LogP contribution in [-0.2, 0) is 9.53 Å². The van der Waals surface area contributed by atoms with Crippen LogP contribution in [0.2, 0.25) is 0 Å². The minimum absolute atomic E-state index is 0.167. The van der Waals surface area contributed by atoms with E-state index in [0.717, 1.165) is 77.5 Å². The van der Waals surface area contributed by atoms with Crippen molar-refractivity contribution >= 4 is 18.0 Å². The van der Waals surface area contributed by atoms with Crippen molar-refractivity contribution in [1.29, 1.82) is 0 Å². The number of rotatable bonds is 8. The van der Waals surface area contributed by atoms with Crippen molar-refractivity contribution in [1.82, 2.24) is 20.0 Å². The van der Waals surface area contributed by atoms with Crippen LogP contribution in [-0.4, -0.2) is 90.1 Å². The predicted molar refractivity (Wildman–Crippen MR) is 127 cm³/mol. The largest absolute Gasteiger partial charge is 0.444 e. The van der Waals surface area contributed by atoms with Crippen molar-refractivity contribution in [3.8, 4) is 0 Å². The van der Waals surface area contributed by atoms with Gasteiger partial charge in [0.1, 0.15) is 5.60 Å². The summed E-state index contributed by atoms with van der Waals surface area (Å²) in [6.45, 7) is 13.7. The van der Waals surface area contributed by atoms with Gasteiger partial charge < -0.3 is 24.8 Å². The second-order valence-corrected chi connectivity index (χ2v) is 10.4. The number of likely N-dealkylation sites (tertiary alicyclic amines) is 2. The molecule has 0 aromatic carbocycles. The lowest BCUT2D eigenvalue weighted by molar-refractivity contribution is -0.127. The predicted octanol–water partition coefficient (Wildman–Crippen LogP) is 3.08. The number of piperidine rings is 1. The third-order valence-electron chi connectivity index (χ3n) is 6.34. The van der Waals surface area contributed by atoms with Crippen molar-refractivity contribution in [2.45, 2.75) is 84.3 Å². The number of hydrogen-bond donors (Lipinski definition) is 1. The Morgan fingerprint density at radius 1 is 1.19 bits per heavy atom. The van der Waals surface area contributed by atoms with Gasteiger partial charge in [0.15, 0.2) is 5.96 Å². The second-order valence-electron chi connectivity index (χ2n) is 10.4. The summed E-state index contributed by atoms with van der Waals surface area (Å²) in [6.07, 6.45) is 6.71. The van der Waals surface area contributed by atoms with Crippen LogP contribution in [0.4, 0.5) is 4.79 Å². The van der Waals surface area contributed by atoms with Crippen molar-refractivity contribution in [3.63, 3.8) is 0 Å². The van der Waals surface area contributed by atoms with Gasteiger partial charge in [-0.25, -0.2) is 4.79 Å². The molecule has 3 aliphatic rings. The summed E-state index contributed by atoms with van der Waals surface area (Å²) in [5.74, 6) is 1.87. The molecule has 0 aromatic heterocycles. The molecule has 2 saturated heterocycles. The van der Waals surface area contributed by atoms with Gasteiger partial charge in [-0.2, -0.15) is 0 Å². The van der Waals surface area contributed by atoms with E-state index in [0.29, 0.717) is 12.3 Å². The summed E-state index contributed by atoms with van der Waals surface area (Å²) in [5, 5.41) is 3.42. The zero-order valence-electron chi connectivity index (χ0n) is 20.6. The minimum atomic E-state index is -0.468. The number of aliphatic imine (C=N–C) groups is 1. The molecule has 182 valence electrons. The lowest BCUT2D eigenvalue weighted by Crippen LogP contribution is -2.52. The Hall–Kier alpha value is -1.99. The van der Waals surface area contributed by atoms with Gasteiger partial charge in [-0.15, -0.1) is 0 Å². The molecule has 0 radical (unpaired) electrons. The summed E-state index contributed by atoms with van der Waals surface area (Å²) in [4.78, 5) is 35.7. The summed E-state index contributed by atoms with van der Waals surface area (Å²) < 4.78 is 5.72. The highest BCUT2D eigenvalue weighted by atomic mass is 16.6. The fourth-order valence-corrected chi connectivity index (χ4v) is 4.47. The molecule has 0 bridgehead atoms. The van der Waals surface area contributed by atoms with E-state index in [1.54, 1.807) is 0 Å². The smallest absolute Gasteiger partial charge is 0.410 e. The van der Waals surface area contributed by atoms with E-state index in [1.165, 1.54) is 12.8 Å². The molecule has 0 atom stereocenters. The number of carbonyl (C=O) groups excluding carboxylic acids is 2. The molecule has 2 aliphatic heterocycles. The molecular weight excluding hydrogens is 406 g/mol. The number of amides is 2. The van der Waals surface area contributed by atoms with Crippen molar-refractivity contribution in [2.24, 2.45) is 10.9 Å². The first-order chi connectivity index (χ1) is 15.3. The Morgan fingerprint density at radius 2 is 1.91 bits per heavy atom. The maximum Gasteiger partial charge on any atom is 0.410 e. The molecule has 1 N–H and O–H groups in total. The van der Waals surface area contributed by atoms with E-state index < -0.39 is 5.60 Å². The molecule has 8 heteroatoms. The molecule has 32 heavy (non-hydrogen) atoms. The normalized spacial score (nSPS) is 20.6. The lowest BCUT2D eigenvalue weighted by atomic mass is 10.0. The maximum atomic E-state index is 12.9. The molecule has 1 saturated carbocycles. The average molecular weight is 450 g/mol. The molecule has 2 heterocycles. The number of carbonyl (C=O) groups is 2. The molecule has 0 unspecified atom stereocenters. The SMILES string of the molecule is CCNC(=NCCCN1CCCC1=O)N1CCC(N(CC2CC2)C(=O)OC(C)(C)C)CC1. The maximum absolute atomic E-state index is 12.9. The molecule has 0 aromatic rings. The van der Waals surface area contributed by atoms with Crippen LogP contribution in [0.1, 0.15) is 72.6 Å². The first-order valence-electron chi connectivity index (χ1n) is 12.6. The molecule has 3 fully saturated rings. The fraction of sp³-hybridized carbons (Fsp3) is 0.875. The number of ether oxygens (including phenoxy) is 1. The zero-order valence-corrected chi connectivity index (χ0v) is 20.6. The van der Waals surface area contributed by atoms with Crippen molar-refractivity contribution in [3.05, 3.63) is 0 Å². The Labute approximate surface area is 193 Å². The molecule has 8 nitrogen and oxygen atoms in total. The molecular formula is C24H43N5O3. The third-order valence-corrected chi connectivity index (χ3v) is 6.34. The highest BCUT2D eigenvalue weighted by molar-refractivity contribution is 5.80. The first-order valence-corrected chi connectivity index (χ1v) is 12.6. The Kier molecular flexibility index (Phi) is 8.65. The quantitative estimate of drug-likeness (QED) is 0.350. The van der Waals surface area contributed by atoms with Gasteiger partial charge in [0.2, 0.25) is 5.91 Å². The molecule has 2 amide bonds. The zero-order chi connectivity index (χ0) is 23.1. The molecule has 1 aliphatic carbocycles. The van der Waals surface area contributed by atoms with Gasteiger partial charge in [0.25, 0.3) is 0 Å². The molecule has 0 spiro atoms. The second kappa shape index (κ2) is 11.2. The van der Waals surface area contributed by atoms with E-state index in [1.807, 2.05) is 30.6 Å². The van der Waals surface area contributed by atoms with Gasteiger partial charge in [-0.3, -0.25) is 9.79 Å². The third kappa shape index (κ3) is 7.55. The first kappa shape index (κ1) is 24.6. The Morgan fingerprint density at radius 3 is 2.47 bits per heavy atom. The van der Waals surface area contributed by atoms with E-state index in [-0.39, 0.29) is 18.0 Å². The van der Waals surface area contributed by atoms with E-state index in [2.05, 4.69) is 17.1 Å². The number of guanidine groups is 1. The number of hydrogen-bond acceptors (Lipinski definition) is 4. The van der Waals surface area contributed by atoms with Crippen molar-refractivity contribution in [2.75, 3.05) is 45.8 Å². The van der Waals surface area contributed by atoms with Crippen LogP contribution in [0.3, 0.4) is 0 Å². The van der Waals surface area contributed by atoms with Crippen LogP contribution in [0.25, 0.3) is 0 Å². The van der Waals surface area contributed by atoms with Crippen LogP contribution in [0.5, 0.6) is 0 Å².